The van der Waals surface area contributed by atoms with Crippen molar-refractivity contribution in [2.24, 2.45) is 5.92 Å². The summed E-state index contributed by atoms with van der Waals surface area (Å²) in [4.78, 5) is 11.4. The molecule has 2 nitrogen and oxygen atoms in total. The van der Waals surface area contributed by atoms with E-state index in [1.807, 2.05) is 6.08 Å². The molecule has 1 atom stereocenters. The van der Waals surface area contributed by atoms with Crippen LogP contribution in [0.5, 0.6) is 0 Å². The number of allylic oxidation sites excluding steroid dienone is 1. The van der Waals surface area contributed by atoms with E-state index in [2.05, 4.69) is 42.8 Å². The fourth-order valence-corrected chi connectivity index (χ4v) is 1.31. The summed E-state index contributed by atoms with van der Waals surface area (Å²) < 4.78 is 0. The van der Waals surface area contributed by atoms with Gasteiger partial charge in [0.05, 0.1) is 0 Å². The van der Waals surface area contributed by atoms with E-state index in [4.69, 9.17) is 0 Å². The summed E-state index contributed by atoms with van der Waals surface area (Å²) in [6.07, 6.45) is 8.58. The highest BCUT2D eigenvalue weighted by Gasteiger charge is 1.99. The van der Waals surface area contributed by atoms with Crippen molar-refractivity contribution in [2.45, 2.75) is 52.9 Å². The number of amides is 1. The van der Waals surface area contributed by atoms with Crippen LogP contribution in [-0.2, 0) is 4.79 Å². The highest BCUT2D eigenvalue weighted by molar-refractivity contribution is 5.87. The lowest BCUT2D eigenvalue weighted by Gasteiger charge is -2.07. The molecular formula is C17H25NO. The van der Waals surface area contributed by atoms with Crippen LogP contribution >= 0.6 is 0 Å². The van der Waals surface area contributed by atoms with Crippen LogP contribution in [0, 0.1) is 29.6 Å². The molecule has 0 aliphatic carbocycles. The van der Waals surface area contributed by atoms with Crippen LogP contribution in [0.2, 0.25) is 0 Å². The molecule has 104 valence electrons. The number of unbranched alkanes of at least 4 members (excludes halogenated alkanes) is 3. The Labute approximate surface area is 118 Å². The molecule has 0 aliphatic heterocycles. The van der Waals surface area contributed by atoms with Crippen molar-refractivity contribution >= 4 is 5.91 Å². The Morgan fingerprint density at radius 2 is 2.11 bits per heavy atom. The topological polar surface area (TPSA) is 29.1 Å². The number of hydrogen-bond donors (Lipinski definition) is 1. The van der Waals surface area contributed by atoms with Gasteiger partial charge in [0.1, 0.15) is 0 Å². The first kappa shape index (κ1) is 17.3. The Kier molecular flexibility index (Phi) is 11.7. The number of hydrogen-bond acceptors (Lipinski definition) is 1. The van der Waals surface area contributed by atoms with Gasteiger partial charge in [0, 0.05) is 13.0 Å². The summed E-state index contributed by atoms with van der Waals surface area (Å²) in [6, 6.07) is 0. The molecule has 0 saturated carbocycles. The second-order valence-corrected chi connectivity index (χ2v) is 4.58. The molecule has 19 heavy (non-hydrogen) atoms. The van der Waals surface area contributed by atoms with Crippen molar-refractivity contribution in [3.8, 4) is 23.7 Å². The van der Waals surface area contributed by atoms with Crippen LogP contribution in [-0.4, -0.2) is 12.5 Å². The number of carbonyl (C=O) groups excluding carboxylic acids is 1. The summed E-state index contributed by atoms with van der Waals surface area (Å²) in [5, 5.41) is 2.90. The molecule has 0 rings (SSSR count). The fourth-order valence-electron chi connectivity index (χ4n) is 1.31. The van der Waals surface area contributed by atoms with Gasteiger partial charge in [-0.1, -0.05) is 38.2 Å². The molecule has 0 radical (unpaired) electrons. The molecule has 0 fully saturated rings. The molecule has 0 unspecified atom stereocenters. The van der Waals surface area contributed by atoms with Gasteiger partial charge >= 0.3 is 0 Å². The maximum Gasteiger partial charge on any atom is 0.243 e. The summed E-state index contributed by atoms with van der Waals surface area (Å²) >= 11 is 0. The first-order valence-electron chi connectivity index (χ1n) is 7.04. The van der Waals surface area contributed by atoms with Crippen LogP contribution in [0.1, 0.15) is 52.9 Å². The lowest BCUT2D eigenvalue weighted by atomic mass is 10.1. The third-order valence-electron chi connectivity index (χ3n) is 2.79. The molecule has 0 aliphatic rings. The van der Waals surface area contributed by atoms with Crippen LogP contribution in [0.15, 0.2) is 12.2 Å². The van der Waals surface area contributed by atoms with Gasteiger partial charge in [-0.15, -0.1) is 0 Å². The lowest BCUT2D eigenvalue weighted by molar-refractivity contribution is -0.116. The molecule has 0 heterocycles. The molecule has 0 saturated heterocycles. The third kappa shape index (κ3) is 12.6. The Bertz CT molecular complexity index is 387. The summed E-state index contributed by atoms with van der Waals surface area (Å²) in [5.74, 6) is 11.8. The van der Waals surface area contributed by atoms with Gasteiger partial charge in [0.15, 0.2) is 0 Å². The van der Waals surface area contributed by atoms with Gasteiger partial charge in [-0.3, -0.25) is 4.79 Å². The highest BCUT2D eigenvalue weighted by Crippen LogP contribution is 2.00. The minimum atomic E-state index is 0.0123. The van der Waals surface area contributed by atoms with Crippen LogP contribution < -0.4 is 5.32 Å². The van der Waals surface area contributed by atoms with Gasteiger partial charge in [0.25, 0.3) is 0 Å². The van der Waals surface area contributed by atoms with Crippen LogP contribution in [0.4, 0.5) is 0 Å². The Hall–Kier alpha value is -1.67. The van der Waals surface area contributed by atoms with E-state index in [9.17, 15) is 4.79 Å². The Morgan fingerprint density at radius 3 is 2.79 bits per heavy atom. The standard InChI is InChI=1S/C17H25NO/c1-4-6-7-8-9-10-11-12-13-14-17(19)18-15-16(3)5-2/h13-14,16H,5,9-12,15H2,1-3H3,(H,18,19)/b14-13-/t16-/m0/s1. The zero-order chi connectivity index (χ0) is 14.3. The van der Waals surface area contributed by atoms with E-state index in [1.165, 1.54) is 0 Å². The molecule has 1 amide bonds. The second-order valence-electron chi connectivity index (χ2n) is 4.58. The van der Waals surface area contributed by atoms with Crippen molar-refractivity contribution in [1.82, 2.24) is 5.32 Å². The quantitative estimate of drug-likeness (QED) is 0.404. The van der Waals surface area contributed by atoms with E-state index in [0.29, 0.717) is 5.92 Å². The predicted molar refractivity (Wildman–Crippen MR) is 81.3 cm³/mol. The predicted octanol–water partition coefficient (Wildman–Crippen LogP) is 3.29. The Morgan fingerprint density at radius 1 is 1.32 bits per heavy atom. The average molecular weight is 259 g/mol. The average Bonchev–Trinajstić information content (AvgIpc) is 2.42. The molecular weight excluding hydrogens is 234 g/mol. The third-order valence-corrected chi connectivity index (χ3v) is 2.79. The zero-order valence-electron chi connectivity index (χ0n) is 12.4. The van der Waals surface area contributed by atoms with E-state index in [0.717, 1.165) is 38.6 Å². The molecule has 0 spiro atoms. The maximum atomic E-state index is 11.4. The maximum absolute atomic E-state index is 11.4. The number of rotatable bonds is 8. The van der Waals surface area contributed by atoms with Crippen molar-refractivity contribution in [3.05, 3.63) is 12.2 Å². The summed E-state index contributed by atoms with van der Waals surface area (Å²) in [7, 11) is 0. The first-order valence-corrected chi connectivity index (χ1v) is 7.04. The number of nitrogens with one attached hydrogen (secondary N) is 1. The minimum absolute atomic E-state index is 0.0123. The fraction of sp³-hybridized carbons (Fsp3) is 0.588. The molecule has 0 aromatic rings. The summed E-state index contributed by atoms with van der Waals surface area (Å²) in [5.41, 5.74) is 0. The van der Waals surface area contributed by atoms with Gasteiger partial charge < -0.3 is 5.32 Å². The van der Waals surface area contributed by atoms with E-state index >= 15 is 0 Å². The molecule has 0 bridgehead atoms. The van der Waals surface area contributed by atoms with Gasteiger partial charge in [-0.05, 0) is 50.0 Å². The monoisotopic (exact) mass is 259 g/mol. The second kappa shape index (κ2) is 12.8. The normalized spacial score (nSPS) is 11.1. The minimum Gasteiger partial charge on any atom is -0.352 e. The van der Waals surface area contributed by atoms with Crippen LogP contribution in [0.25, 0.3) is 0 Å². The molecule has 2 heteroatoms. The van der Waals surface area contributed by atoms with Crippen molar-refractivity contribution in [2.75, 3.05) is 6.54 Å². The lowest BCUT2D eigenvalue weighted by Crippen LogP contribution is -2.26. The van der Waals surface area contributed by atoms with E-state index in [1.54, 1.807) is 13.0 Å². The van der Waals surface area contributed by atoms with Crippen molar-refractivity contribution in [1.29, 1.82) is 0 Å². The number of carbonyl (C=O) groups is 1. The molecule has 1 N–H and O–H groups in total. The summed E-state index contributed by atoms with van der Waals surface area (Å²) in [6.45, 7) is 6.80. The van der Waals surface area contributed by atoms with Gasteiger partial charge in [-0.25, -0.2) is 0 Å². The largest absolute Gasteiger partial charge is 0.352 e. The smallest absolute Gasteiger partial charge is 0.243 e. The first-order chi connectivity index (χ1) is 9.20. The van der Waals surface area contributed by atoms with Crippen molar-refractivity contribution in [3.63, 3.8) is 0 Å². The zero-order valence-corrected chi connectivity index (χ0v) is 12.4. The SMILES string of the molecule is CC#CC#CCCCC/C=C\C(=O)NC[C@@H](C)CC. The van der Waals surface area contributed by atoms with E-state index in [-0.39, 0.29) is 5.91 Å². The Balaban J connectivity index is 3.54. The van der Waals surface area contributed by atoms with Gasteiger partial charge in [-0.2, -0.15) is 0 Å². The van der Waals surface area contributed by atoms with Crippen LogP contribution in [0.3, 0.4) is 0 Å². The van der Waals surface area contributed by atoms with Gasteiger partial charge in [0.2, 0.25) is 5.91 Å². The highest BCUT2D eigenvalue weighted by atomic mass is 16.1. The van der Waals surface area contributed by atoms with Crippen molar-refractivity contribution < 1.29 is 4.79 Å². The molecule has 0 aromatic heterocycles. The van der Waals surface area contributed by atoms with E-state index < -0.39 is 0 Å². The molecule has 0 aromatic carbocycles.